The van der Waals surface area contributed by atoms with Crippen molar-refractivity contribution in [1.82, 2.24) is 4.98 Å². The van der Waals surface area contributed by atoms with E-state index < -0.39 is 0 Å². The standard InChI is InChI=1S/C19H18N2O/c1-14-5-4-8-18(20-14)21-19(22)12-10-15-9-11-16-6-2-3-7-17(16)13-15/h2-9,11,13H,10,12H2,1H3,(H,20,21,22). The Labute approximate surface area is 130 Å². The molecule has 2 aromatic carbocycles. The minimum Gasteiger partial charge on any atom is -0.311 e. The molecule has 0 spiro atoms. The summed E-state index contributed by atoms with van der Waals surface area (Å²) < 4.78 is 0. The zero-order valence-corrected chi connectivity index (χ0v) is 12.5. The van der Waals surface area contributed by atoms with Gasteiger partial charge in [-0.05, 0) is 41.8 Å². The zero-order valence-electron chi connectivity index (χ0n) is 12.5. The number of fused-ring (bicyclic) bond motifs is 1. The van der Waals surface area contributed by atoms with Crippen LogP contribution in [0.1, 0.15) is 17.7 Å². The molecule has 0 saturated carbocycles. The predicted octanol–water partition coefficient (Wildman–Crippen LogP) is 4.11. The number of amides is 1. The Morgan fingerprint density at radius 1 is 1.00 bits per heavy atom. The lowest BCUT2D eigenvalue weighted by Gasteiger charge is -2.06. The molecule has 110 valence electrons. The number of nitrogens with one attached hydrogen (secondary N) is 1. The maximum Gasteiger partial charge on any atom is 0.225 e. The molecule has 1 amide bonds. The van der Waals surface area contributed by atoms with Gasteiger partial charge in [-0.2, -0.15) is 0 Å². The molecule has 0 bridgehead atoms. The Morgan fingerprint density at radius 2 is 1.82 bits per heavy atom. The number of anilines is 1. The lowest BCUT2D eigenvalue weighted by atomic mass is 10.0. The highest BCUT2D eigenvalue weighted by molar-refractivity contribution is 5.90. The van der Waals surface area contributed by atoms with Gasteiger partial charge in [0, 0.05) is 12.1 Å². The molecule has 0 atom stereocenters. The molecule has 3 nitrogen and oxygen atoms in total. The molecule has 0 aliphatic carbocycles. The first-order valence-corrected chi connectivity index (χ1v) is 7.42. The fourth-order valence-corrected chi connectivity index (χ4v) is 2.47. The molecule has 3 aromatic rings. The van der Waals surface area contributed by atoms with Crippen molar-refractivity contribution in [2.45, 2.75) is 19.8 Å². The molecule has 3 heteroatoms. The molecule has 22 heavy (non-hydrogen) atoms. The van der Waals surface area contributed by atoms with E-state index in [1.54, 1.807) is 6.07 Å². The number of rotatable bonds is 4. The van der Waals surface area contributed by atoms with Crippen molar-refractivity contribution >= 4 is 22.5 Å². The van der Waals surface area contributed by atoms with Gasteiger partial charge < -0.3 is 5.32 Å². The number of hydrogen-bond acceptors (Lipinski definition) is 2. The van der Waals surface area contributed by atoms with Gasteiger partial charge in [0.15, 0.2) is 0 Å². The smallest absolute Gasteiger partial charge is 0.225 e. The normalized spacial score (nSPS) is 10.6. The van der Waals surface area contributed by atoms with Crippen molar-refractivity contribution < 1.29 is 4.79 Å². The van der Waals surface area contributed by atoms with E-state index in [-0.39, 0.29) is 5.91 Å². The van der Waals surface area contributed by atoms with Gasteiger partial charge in [0.05, 0.1) is 0 Å². The number of carbonyl (C=O) groups excluding carboxylic acids is 1. The van der Waals surface area contributed by atoms with Crippen LogP contribution in [0.3, 0.4) is 0 Å². The van der Waals surface area contributed by atoms with Crippen LogP contribution in [0.25, 0.3) is 10.8 Å². The van der Waals surface area contributed by atoms with Gasteiger partial charge in [-0.3, -0.25) is 4.79 Å². The molecule has 0 fully saturated rings. The first-order valence-electron chi connectivity index (χ1n) is 7.42. The topological polar surface area (TPSA) is 42.0 Å². The van der Waals surface area contributed by atoms with Gasteiger partial charge in [-0.15, -0.1) is 0 Å². The third-order valence-electron chi connectivity index (χ3n) is 3.61. The molecule has 0 saturated heterocycles. The van der Waals surface area contributed by atoms with Crippen molar-refractivity contribution in [3.05, 3.63) is 71.9 Å². The maximum atomic E-state index is 12.0. The van der Waals surface area contributed by atoms with Crippen LogP contribution < -0.4 is 5.32 Å². The summed E-state index contributed by atoms with van der Waals surface area (Å²) >= 11 is 0. The predicted molar refractivity (Wildman–Crippen MR) is 89.9 cm³/mol. The average molecular weight is 290 g/mol. The number of pyridine rings is 1. The molecule has 0 aliphatic rings. The maximum absolute atomic E-state index is 12.0. The van der Waals surface area contributed by atoms with Crippen molar-refractivity contribution in [2.24, 2.45) is 0 Å². The monoisotopic (exact) mass is 290 g/mol. The van der Waals surface area contributed by atoms with Crippen molar-refractivity contribution in [1.29, 1.82) is 0 Å². The molecular weight excluding hydrogens is 272 g/mol. The summed E-state index contributed by atoms with van der Waals surface area (Å²) in [6.07, 6.45) is 1.18. The van der Waals surface area contributed by atoms with E-state index in [2.05, 4.69) is 40.6 Å². The number of hydrogen-bond donors (Lipinski definition) is 1. The van der Waals surface area contributed by atoms with Crippen LogP contribution in [0.5, 0.6) is 0 Å². The summed E-state index contributed by atoms with van der Waals surface area (Å²) in [6.45, 7) is 1.91. The highest BCUT2D eigenvalue weighted by Crippen LogP contribution is 2.16. The summed E-state index contributed by atoms with van der Waals surface area (Å²) in [5.74, 6) is 0.606. The third-order valence-corrected chi connectivity index (χ3v) is 3.61. The van der Waals surface area contributed by atoms with Crippen LogP contribution in [0.4, 0.5) is 5.82 Å². The summed E-state index contributed by atoms with van der Waals surface area (Å²) in [6, 6.07) is 20.2. The summed E-state index contributed by atoms with van der Waals surface area (Å²) in [4.78, 5) is 16.3. The van der Waals surface area contributed by atoms with E-state index in [0.29, 0.717) is 12.2 Å². The lowest BCUT2D eigenvalue weighted by molar-refractivity contribution is -0.116. The molecule has 1 heterocycles. The second kappa shape index (κ2) is 6.39. The van der Waals surface area contributed by atoms with Gasteiger partial charge in [0.25, 0.3) is 0 Å². The Kier molecular flexibility index (Phi) is 4.15. The van der Waals surface area contributed by atoms with Gasteiger partial charge in [-0.1, -0.05) is 48.5 Å². The van der Waals surface area contributed by atoms with Crippen LogP contribution in [0.15, 0.2) is 60.7 Å². The van der Waals surface area contributed by atoms with Crippen LogP contribution >= 0.6 is 0 Å². The number of carbonyl (C=O) groups is 1. The Morgan fingerprint density at radius 3 is 2.64 bits per heavy atom. The van der Waals surface area contributed by atoms with Gasteiger partial charge in [0.1, 0.15) is 5.82 Å². The lowest BCUT2D eigenvalue weighted by Crippen LogP contribution is -2.13. The third kappa shape index (κ3) is 3.50. The van der Waals surface area contributed by atoms with Crippen molar-refractivity contribution in [2.75, 3.05) is 5.32 Å². The Bertz CT molecular complexity index is 811. The molecule has 0 aliphatic heterocycles. The molecule has 1 aromatic heterocycles. The average Bonchev–Trinajstić information content (AvgIpc) is 2.53. The van der Waals surface area contributed by atoms with Crippen LogP contribution in [-0.4, -0.2) is 10.9 Å². The van der Waals surface area contributed by atoms with E-state index in [1.165, 1.54) is 16.3 Å². The minimum absolute atomic E-state index is 0.00809. The van der Waals surface area contributed by atoms with E-state index >= 15 is 0 Å². The first kappa shape index (κ1) is 14.3. The molecule has 0 radical (unpaired) electrons. The SMILES string of the molecule is Cc1cccc(NC(=O)CCc2ccc3ccccc3c2)n1. The largest absolute Gasteiger partial charge is 0.311 e. The van der Waals surface area contributed by atoms with Crippen molar-refractivity contribution in [3.8, 4) is 0 Å². The molecular formula is C19H18N2O. The van der Waals surface area contributed by atoms with E-state index in [9.17, 15) is 4.79 Å². The second-order valence-electron chi connectivity index (χ2n) is 5.39. The molecule has 0 unspecified atom stereocenters. The Balaban J connectivity index is 1.62. The fraction of sp³-hybridized carbons (Fsp3) is 0.158. The number of aromatic nitrogens is 1. The fourth-order valence-electron chi connectivity index (χ4n) is 2.47. The van der Waals surface area contributed by atoms with Crippen LogP contribution in [-0.2, 0) is 11.2 Å². The first-order chi connectivity index (χ1) is 10.7. The van der Waals surface area contributed by atoms with Crippen molar-refractivity contribution in [3.63, 3.8) is 0 Å². The number of nitrogens with zero attached hydrogens (tertiary/aromatic N) is 1. The van der Waals surface area contributed by atoms with Gasteiger partial charge in [0.2, 0.25) is 5.91 Å². The summed E-state index contributed by atoms with van der Waals surface area (Å²) in [7, 11) is 0. The summed E-state index contributed by atoms with van der Waals surface area (Å²) in [5.41, 5.74) is 2.07. The Hall–Kier alpha value is -2.68. The highest BCUT2D eigenvalue weighted by Gasteiger charge is 2.05. The van der Waals surface area contributed by atoms with E-state index in [4.69, 9.17) is 0 Å². The van der Waals surface area contributed by atoms with E-state index in [0.717, 1.165) is 12.1 Å². The number of benzene rings is 2. The number of aryl methyl sites for hydroxylation is 2. The van der Waals surface area contributed by atoms with E-state index in [1.807, 2.05) is 31.2 Å². The summed E-state index contributed by atoms with van der Waals surface area (Å²) in [5, 5.41) is 5.27. The quantitative estimate of drug-likeness (QED) is 0.785. The molecule has 1 N–H and O–H groups in total. The minimum atomic E-state index is -0.00809. The zero-order chi connectivity index (χ0) is 15.4. The highest BCUT2D eigenvalue weighted by atomic mass is 16.1. The molecule has 3 rings (SSSR count). The van der Waals surface area contributed by atoms with Crippen LogP contribution in [0.2, 0.25) is 0 Å². The second-order valence-corrected chi connectivity index (χ2v) is 5.39. The van der Waals surface area contributed by atoms with Crippen LogP contribution in [0, 0.1) is 6.92 Å². The van der Waals surface area contributed by atoms with Gasteiger partial charge >= 0.3 is 0 Å². The van der Waals surface area contributed by atoms with Gasteiger partial charge in [-0.25, -0.2) is 4.98 Å².